The van der Waals surface area contributed by atoms with Gasteiger partial charge in [0.05, 0.1) is 30.9 Å². The molecule has 3 aromatic carbocycles. The fourth-order valence-corrected chi connectivity index (χ4v) is 6.37. The number of benzene rings is 3. The van der Waals surface area contributed by atoms with E-state index in [4.69, 9.17) is 9.47 Å². The van der Waals surface area contributed by atoms with Crippen LogP contribution in [0.25, 0.3) is 5.76 Å². The molecule has 2 heterocycles. The highest BCUT2D eigenvalue weighted by atomic mass is 32.2. The second kappa shape index (κ2) is 13.8. The second-order valence-corrected chi connectivity index (χ2v) is 12.0. The molecular weight excluding hydrogens is 605 g/mol. The summed E-state index contributed by atoms with van der Waals surface area (Å²) in [7, 11) is 1.27. The molecule has 9 nitrogen and oxygen atoms in total. The Morgan fingerprint density at radius 1 is 1.00 bits per heavy atom. The molecule has 5 rings (SSSR count). The lowest BCUT2D eigenvalue weighted by molar-refractivity contribution is -0.132. The lowest BCUT2D eigenvalue weighted by atomic mass is 9.94. The van der Waals surface area contributed by atoms with Crippen molar-refractivity contribution in [1.29, 1.82) is 0 Å². The largest absolute Gasteiger partial charge is 0.507 e. The number of ether oxygens (including phenoxy) is 2. The van der Waals surface area contributed by atoms with Crippen LogP contribution in [0.15, 0.2) is 82.7 Å². The van der Waals surface area contributed by atoms with Crippen LogP contribution in [0.3, 0.4) is 0 Å². The number of aliphatic hydroxyl groups is 1. The molecule has 12 heteroatoms. The molecule has 1 aliphatic rings. The third kappa shape index (κ3) is 6.66. The number of aliphatic hydroxyl groups excluding tert-OH is 1. The molecule has 1 fully saturated rings. The number of hydrogen-bond donors (Lipinski definition) is 1. The van der Waals surface area contributed by atoms with Crippen LogP contribution in [-0.2, 0) is 20.1 Å². The topological polar surface area (TPSA) is 119 Å². The van der Waals surface area contributed by atoms with Crippen LogP contribution in [0, 0.1) is 5.82 Å². The van der Waals surface area contributed by atoms with E-state index in [1.54, 1.807) is 48.5 Å². The molecule has 1 aromatic heterocycles. The maximum absolute atomic E-state index is 13.5. The summed E-state index contributed by atoms with van der Waals surface area (Å²) in [5.74, 6) is -1.89. The van der Waals surface area contributed by atoms with Gasteiger partial charge in [-0.25, -0.2) is 9.18 Å². The van der Waals surface area contributed by atoms with Crippen molar-refractivity contribution in [3.8, 4) is 5.75 Å². The molecule has 1 atom stereocenters. The van der Waals surface area contributed by atoms with Gasteiger partial charge >= 0.3 is 11.9 Å². The van der Waals surface area contributed by atoms with Crippen LogP contribution in [0.2, 0.25) is 0 Å². The average Bonchev–Trinajstić information content (AvgIpc) is 3.62. The zero-order valence-electron chi connectivity index (χ0n) is 23.9. The number of hydrogen-bond acceptors (Lipinski definition) is 10. The fraction of sp³-hybridized carbons (Fsp3) is 0.219. The summed E-state index contributed by atoms with van der Waals surface area (Å²) < 4.78 is 24.3. The Hall–Kier alpha value is -4.55. The summed E-state index contributed by atoms with van der Waals surface area (Å²) in [4.78, 5) is 40.3. The van der Waals surface area contributed by atoms with E-state index in [0.29, 0.717) is 33.6 Å². The van der Waals surface area contributed by atoms with Crippen molar-refractivity contribution in [2.45, 2.75) is 35.9 Å². The minimum atomic E-state index is -1.05. The molecule has 1 N–H and O–H groups in total. The van der Waals surface area contributed by atoms with E-state index in [1.807, 2.05) is 0 Å². The number of anilines is 1. The molecule has 226 valence electrons. The molecular formula is C32H28FN3O6S2. The van der Waals surface area contributed by atoms with Crippen molar-refractivity contribution in [2.24, 2.45) is 0 Å². The fourth-order valence-electron chi connectivity index (χ4n) is 4.55. The van der Waals surface area contributed by atoms with E-state index < -0.39 is 23.7 Å². The van der Waals surface area contributed by atoms with Crippen molar-refractivity contribution in [1.82, 2.24) is 10.2 Å². The van der Waals surface area contributed by atoms with Crippen molar-refractivity contribution in [2.75, 3.05) is 18.6 Å². The van der Waals surface area contributed by atoms with Crippen molar-refractivity contribution in [3.63, 3.8) is 0 Å². The highest BCUT2D eigenvalue weighted by Gasteiger charge is 2.48. The van der Waals surface area contributed by atoms with E-state index in [2.05, 4.69) is 17.1 Å². The first kappa shape index (κ1) is 30.9. The number of rotatable bonds is 11. The van der Waals surface area contributed by atoms with Gasteiger partial charge in [-0.15, -0.1) is 10.2 Å². The van der Waals surface area contributed by atoms with Gasteiger partial charge in [-0.2, -0.15) is 0 Å². The summed E-state index contributed by atoms with van der Waals surface area (Å²) >= 11 is 2.47. The van der Waals surface area contributed by atoms with E-state index in [0.717, 1.165) is 29.7 Å². The van der Waals surface area contributed by atoms with Gasteiger partial charge in [0.2, 0.25) is 5.13 Å². The summed E-state index contributed by atoms with van der Waals surface area (Å²) in [6, 6.07) is 17.9. The quantitative estimate of drug-likeness (QED) is 0.0372. The molecule has 1 unspecified atom stereocenters. The maximum atomic E-state index is 13.5. The predicted molar refractivity (Wildman–Crippen MR) is 165 cm³/mol. The van der Waals surface area contributed by atoms with Gasteiger partial charge in [0.1, 0.15) is 17.3 Å². The number of amides is 1. The van der Waals surface area contributed by atoms with Gasteiger partial charge in [-0.3, -0.25) is 14.5 Å². The van der Waals surface area contributed by atoms with Gasteiger partial charge in [0, 0.05) is 11.3 Å². The highest BCUT2D eigenvalue weighted by molar-refractivity contribution is 8.00. The average molecular weight is 634 g/mol. The van der Waals surface area contributed by atoms with Crippen molar-refractivity contribution in [3.05, 3.63) is 106 Å². The van der Waals surface area contributed by atoms with Crippen LogP contribution < -0.4 is 9.64 Å². The van der Waals surface area contributed by atoms with Crippen LogP contribution >= 0.6 is 23.1 Å². The van der Waals surface area contributed by atoms with Crippen molar-refractivity contribution < 1.29 is 33.4 Å². The molecule has 1 saturated heterocycles. The number of ketones is 1. The predicted octanol–water partition coefficient (Wildman–Crippen LogP) is 6.56. The minimum Gasteiger partial charge on any atom is -0.507 e. The molecule has 44 heavy (non-hydrogen) atoms. The standard InChI is InChI=1S/C32H28FN3O6S2/c1-3-4-17-42-24-15-11-21(12-16-24)27(37)25-26(20-7-9-22(10-8-20)30(40)41-2)36(29(39)28(25)38)31-34-35-32(44-31)43-18-19-5-13-23(33)14-6-19/h5-16,26,37H,3-4,17-18H2,1-2H3/b27-25-. The third-order valence-corrected chi connectivity index (χ3v) is 8.99. The Labute approximate surface area is 261 Å². The monoisotopic (exact) mass is 633 g/mol. The first-order valence-electron chi connectivity index (χ1n) is 13.7. The van der Waals surface area contributed by atoms with Gasteiger partial charge in [0.15, 0.2) is 4.34 Å². The Bertz CT molecular complexity index is 1690. The van der Waals surface area contributed by atoms with Crippen LogP contribution in [0.5, 0.6) is 5.75 Å². The zero-order chi connectivity index (χ0) is 31.2. The number of methoxy groups -OCH3 is 1. The summed E-state index contributed by atoms with van der Waals surface area (Å²) in [6.07, 6.45) is 1.89. The summed E-state index contributed by atoms with van der Waals surface area (Å²) in [5, 5.41) is 20.0. The number of halogens is 1. The first-order valence-corrected chi connectivity index (χ1v) is 15.5. The number of unbranched alkanes of at least 4 members (excludes halogenated alkanes) is 1. The van der Waals surface area contributed by atoms with E-state index in [9.17, 15) is 23.9 Å². The Balaban J connectivity index is 1.50. The molecule has 0 saturated carbocycles. The SMILES string of the molecule is CCCCOc1ccc(/C(O)=C2/C(=O)C(=O)N(c3nnc(SCc4ccc(F)cc4)s3)C2c2ccc(C(=O)OC)cc2)cc1. The number of esters is 1. The number of carbonyl (C=O) groups is 3. The smallest absolute Gasteiger partial charge is 0.337 e. The summed E-state index contributed by atoms with van der Waals surface area (Å²) in [5.41, 5.74) is 1.82. The number of thioether (sulfide) groups is 1. The van der Waals surface area contributed by atoms with Crippen LogP contribution in [0.1, 0.15) is 52.9 Å². The number of Topliss-reactive ketones (excluding diaryl/α,β-unsaturated/α-hetero) is 1. The first-order chi connectivity index (χ1) is 21.3. The van der Waals surface area contributed by atoms with Gasteiger partial charge in [0.25, 0.3) is 5.78 Å². The van der Waals surface area contributed by atoms with Crippen molar-refractivity contribution >= 4 is 51.6 Å². The molecule has 1 amide bonds. The Morgan fingerprint density at radius 3 is 2.34 bits per heavy atom. The van der Waals surface area contributed by atoms with E-state index in [-0.39, 0.29) is 27.8 Å². The van der Waals surface area contributed by atoms with Crippen LogP contribution in [-0.4, -0.2) is 46.7 Å². The minimum absolute atomic E-state index is 0.129. The molecule has 0 radical (unpaired) electrons. The Kier molecular flexibility index (Phi) is 9.71. The normalized spacial score (nSPS) is 15.9. The number of carbonyl (C=O) groups excluding carboxylic acids is 3. The van der Waals surface area contributed by atoms with Gasteiger partial charge in [-0.1, -0.05) is 60.7 Å². The Morgan fingerprint density at radius 2 is 1.68 bits per heavy atom. The second-order valence-electron chi connectivity index (χ2n) is 9.77. The third-order valence-electron chi connectivity index (χ3n) is 6.86. The number of nitrogens with zero attached hydrogens (tertiary/aromatic N) is 3. The lowest BCUT2D eigenvalue weighted by Gasteiger charge is -2.22. The molecule has 1 aliphatic heterocycles. The number of aromatic nitrogens is 2. The summed E-state index contributed by atoms with van der Waals surface area (Å²) in [6.45, 7) is 2.62. The van der Waals surface area contributed by atoms with Gasteiger partial charge < -0.3 is 14.6 Å². The van der Waals surface area contributed by atoms with Crippen LogP contribution in [0.4, 0.5) is 9.52 Å². The molecule has 0 aliphatic carbocycles. The molecule has 0 spiro atoms. The van der Waals surface area contributed by atoms with E-state index in [1.165, 1.54) is 48.0 Å². The zero-order valence-corrected chi connectivity index (χ0v) is 25.5. The highest BCUT2D eigenvalue weighted by Crippen LogP contribution is 2.44. The molecule has 0 bridgehead atoms. The van der Waals surface area contributed by atoms with Gasteiger partial charge in [-0.05, 0) is 66.1 Å². The van der Waals surface area contributed by atoms with E-state index >= 15 is 0 Å². The maximum Gasteiger partial charge on any atom is 0.337 e. The lowest BCUT2D eigenvalue weighted by Crippen LogP contribution is -2.29. The molecule has 4 aromatic rings.